The van der Waals surface area contributed by atoms with Crippen LogP contribution in [-0.2, 0) is 28.6 Å². The first-order valence-electron chi connectivity index (χ1n) is 35.6. The van der Waals surface area contributed by atoms with Crippen molar-refractivity contribution in [2.75, 3.05) is 13.2 Å². The monoisotopic (exact) mass is 1140 g/mol. The van der Waals surface area contributed by atoms with Gasteiger partial charge in [-0.2, -0.15) is 0 Å². The first-order chi connectivity index (χ1) is 40.5. The minimum absolute atomic E-state index is 0.0822. The van der Waals surface area contributed by atoms with Crippen molar-refractivity contribution >= 4 is 17.9 Å². The van der Waals surface area contributed by atoms with Gasteiger partial charge in [-0.15, -0.1) is 0 Å². The Morgan fingerprint density at radius 1 is 0.256 bits per heavy atom. The van der Waals surface area contributed by atoms with E-state index in [1.54, 1.807) is 0 Å². The van der Waals surface area contributed by atoms with Crippen molar-refractivity contribution in [1.82, 2.24) is 0 Å². The quantitative estimate of drug-likeness (QED) is 0.0261. The third-order valence-electron chi connectivity index (χ3n) is 15.6. The molecule has 0 saturated heterocycles. The molecule has 0 fully saturated rings. The molecule has 0 N–H and O–H groups in total. The van der Waals surface area contributed by atoms with Crippen molar-refractivity contribution in [3.05, 3.63) is 85.1 Å². The molecular weight excluding hydrogens is 1010 g/mol. The molecule has 0 saturated carbocycles. The van der Waals surface area contributed by atoms with Crippen LogP contribution < -0.4 is 0 Å². The van der Waals surface area contributed by atoms with Gasteiger partial charge < -0.3 is 14.2 Å². The Kier molecular flexibility index (Phi) is 67.2. The van der Waals surface area contributed by atoms with Crippen molar-refractivity contribution in [3.8, 4) is 0 Å². The van der Waals surface area contributed by atoms with Crippen LogP contribution in [0.15, 0.2) is 85.1 Å². The van der Waals surface area contributed by atoms with Crippen molar-refractivity contribution in [2.45, 2.75) is 367 Å². The van der Waals surface area contributed by atoms with Crippen LogP contribution in [0.2, 0.25) is 0 Å². The fourth-order valence-corrected chi connectivity index (χ4v) is 10.3. The van der Waals surface area contributed by atoms with E-state index >= 15 is 0 Å². The van der Waals surface area contributed by atoms with Crippen LogP contribution in [0.3, 0.4) is 0 Å². The zero-order valence-electron chi connectivity index (χ0n) is 54.5. The predicted octanol–water partition coefficient (Wildman–Crippen LogP) is 24.6. The molecular formula is C76H134O6. The Bertz CT molecular complexity index is 1550. The highest BCUT2D eigenvalue weighted by Crippen LogP contribution is 2.18. The van der Waals surface area contributed by atoms with Crippen molar-refractivity contribution in [1.29, 1.82) is 0 Å². The van der Waals surface area contributed by atoms with Crippen molar-refractivity contribution in [2.24, 2.45) is 0 Å². The second-order valence-corrected chi connectivity index (χ2v) is 23.8. The van der Waals surface area contributed by atoms with Crippen LogP contribution in [0.25, 0.3) is 0 Å². The zero-order chi connectivity index (χ0) is 59.2. The van der Waals surface area contributed by atoms with E-state index in [9.17, 15) is 14.4 Å². The van der Waals surface area contributed by atoms with Gasteiger partial charge in [-0.25, -0.2) is 0 Å². The van der Waals surface area contributed by atoms with Crippen LogP contribution in [-0.4, -0.2) is 37.2 Å². The maximum absolute atomic E-state index is 12.9. The van der Waals surface area contributed by atoms with Gasteiger partial charge in [-0.1, -0.05) is 331 Å². The number of unbranched alkanes of at least 4 members (excludes halogenated alkanes) is 40. The van der Waals surface area contributed by atoms with Gasteiger partial charge in [-0.3, -0.25) is 14.4 Å². The number of esters is 3. The van der Waals surface area contributed by atoms with Gasteiger partial charge in [0.15, 0.2) is 6.10 Å². The van der Waals surface area contributed by atoms with Gasteiger partial charge in [0.1, 0.15) is 13.2 Å². The maximum Gasteiger partial charge on any atom is 0.306 e. The van der Waals surface area contributed by atoms with E-state index in [-0.39, 0.29) is 31.1 Å². The fourth-order valence-electron chi connectivity index (χ4n) is 10.3. The molecule has 82 heavy (non-hydrogen) atoms. The number of rotatable bonds is 65. The van der Waals surface area contributed by atoms with Crippen LogP contribution >= 0.6 is 0 Å². The van der Waals surface area contributed by atoms with Gasteiger partial charge in [0.05, 0.1) is 0 Å². The molecule has 0 aliphatic heterocycles. The van der Waals surface area contributed by atoms with E-state index in [1.165, 1.54) is 205 Å². The highest BCUT2D eigenvalue weighted by atomic mass is 16.6. The molecule has 0 heterocycles. The normalized spacial score (nSPS) is 12.6. The van der Waals surface area contributed by atoms with Crippen LogP contribution in [0.5, 0.6) is 0 Å². The molecule has 0 aromatic carbocycles. The van der Waals surface area contributed by atoms with E-state index in [2.05, 4.69) is 106 Å². The number of allylic oxidation sites excluding steroid dienone is 14. The summed E-state index contributed by atoms with van der Waals surface area (Å²) in [5.41, 5.74) is 0. The van der Waals surface area contributed by atoms with Crippen LogP contribution in [0.4, 0.5) is 0 Å². The lowest BCUT2D eigenvalue weighted by atomic mass is 10.0. The van der Waals surface area contributed by atoms with Gasteiger partial charge in [0.25, 0.3) is 0 Å². The molecule has 0 aliphatic carbocycles. The molecule has 6 heteroatoms. The minimum atomic E-state index is -0.789. The summed E-state index contributed by atoms with van der Waals surface area (Å²) in [6.45, 7) is 6.53. The van der Waals surface area contributed by atoms with Crippen LogP contribution in [0.1, 0.15) is 361 Å². The first kappa shape index (κ1) is 78.6. The Morgan fingerprint density at radius 3 is 0.780 bits per heavy atom. The SMILES string of the molecule is CC/C=C\C/C=C\C/C=C\C/C=C\C/C=C\C/C=C\CCCCCCCCC(=O)OC(COC(=O)CCCCCCC/C=C\CCCCC)COC(=O)CCCCCCCCCCCCCCCCCCCCCCCCCCCCC. The zero-order valence-corrected chi connectivity index (χ0v) is 54.5. The largest absolute Gasteiger partial charge is 0.462 e. The lowest BCUT2D eigenvalue weighted by Gasteiger charge is -2.18. The summed E-state index contributed by atoms with van der Waals surface area (Å²) >= 11 is 0. The van der Waals surface area contributed by atoms with Crippen molar-refractivity contribution < 1.29 is 28.6 Å². The number of carbonyl (C=O) groups excluding carboxylic acids is 3. The number of carbonyl (C=O) groups is 3. The highest BCUT2D eigenvalue weighted by molar-refractivity contribution is 5.71. The molecule has 0 amide bonds. The molecule has 1 atom stereocenters. The standard InChI is InChI=1S/C76H134O6/c1-4-7-10-13-16-19-22-25-27-29-31-33-35-37-38-40-41-43-45-47-49-51-54-57-60-63-66-69-75(78)81-72-73(71-80-74(77)68-65-62-59-56-53-24-21-18-15-12-9-6-3)82-76(79)70-67-64-61-58-55-52-50-48-46-44-42-39-36-34-32-30-28-26-23-20-17-14-11-8-5-2/h8,11,17-18,20-21,26,28,32,34,39,42,46,48,73H,4-7,9-10,12-16,19,22-25,27,29-31,33,35-38,40-41,43-45,47,49-72H2,1-3H3/b11-8-,20-17-,21-18-,28-26-,34-32-,42-39-,48-46-. The van der Waals surface area contributed by atoms with Gasteiger partial charge in [0.2, 0.25) is 0 Å². The van der Waals surface area contributed by atoms with E-state index in [4.69, 9.17) is 14.2 Å². The van der Waals surface area contributed by atoms with Crippen molar-refractivity contribution in [3.63, 3.8) is 0 Å². The average Bonchev–Trinajstić information content (AvgIpc) is 3.47. The summed E-state index contributed by atoms with van der Waals surface area (Å²) in [7, 11) is 0. The Labute approximate surface area is 509 Å². The molecule has 0 aliphatic rings. The Balaban J connectivity index is 4.26. The molecule has 1 unspecified atom stereocenters. The Hall–Kier alpha value is -3.41. The molecule has 0 radical (unpaired) electrons. The molecule has 0 aromatic rings. The fraction of sp³-hybridized carbons (Fsp3) is 0.776. The molecule has 0 bridgehead atoms. The number of hydrogen-bond acceptors (Lipinski definition) is 6. The number of ether oxygens (including phenoxy) is 3. The summed E-state index contributed by atoms with van der Waals surface area (Å²) in [6.07, 6.45) is 93.3. The summed E-state index contributed by atoms with van der Waals surface area (Å²) in [5.74, 6) is -0.889. The first-order valence-corrected chi connectivity index (χ1v) is 35.6. The van der Waals surface area contributed by atoms with E-state index < -0.39 is 6.10 Å². The lowest BCUT2D eigenvalue weighted by molar-refractivity contribution is -0.167. The smallest absolute Gasteiger partial charge is 0.306 e. The summed E-state index contributed by atoms with van der Waals surface area (Å²) in [5, 5.41) is 0. The van der Waals surface area contributed by atoms with Gasteiger partial charge >= 0.3 is 17.9 Å². The maximum atomic E-state index is 12.9. The van der Waals surface area contributed by atoms with Crippen LogP contribution in [0, 0.1) is 0 Å². The minimum Gasteiger partial charge on any atom is -0.462 e. The summed E-state index contributed by atoms with van der Waals surface area (Å²) in [6, 6.07) is 0. The molecule has 474 valence electrons. The van der Waals surface area contributed by atoms with E-state index in [1.807, 2.05) is 0 Å². The molecule has 0 spiro atoms. The number of hydrogen-bond donors (Lipinski definition) is 0. The van der Waals surface area contributed by atoms with Gasteiger partial charge in [-0.05, 0) is 96.3 Å². The lowest BCUT2D eigenvalue weighted by Crippen LogP contribution is -2.30. The predicted molar refractivity (Wildman–Crippen MR) is 358 cm³/mol. The van der Waals surface area contributed by atoms with E-state index in [0.717, 1.165) is 116 Å². The second kappa shape index (κ2) is 70.1. The highest BCUT2D eigenvalue weighted by Gasteiger charge is 2.19. The molecule has 0 aromatic heterocycles. The molecule has 6 nitrogen and oxygen atoms in total. The van der Waals surface area contributed by atoms with E-state index in [0.29, 0.717) is 19.3 Å². The summed E-state index contributed by atoms with van der Waals surface area (Å²) < 4.78 is 17.0. The third kappa shape index (κ3) is 67.4. The third-order valence-corrected chi connectivity index (χ3v) is 15.6. The Morgan fingerprint density at radius 2 is 0.476 bits per heavy atom. The second-order valence-electron chi connectivity index (χ2n) is 23.8. The summed E-state index contributed by atoms with van der Waals surface area (Å²) in [4.78, 5) is 38.4. The van der Waals surface area contributed by atoms with Gasteiger partial charge in [0, 0.05) is 19.3 Å². The molecule has 0 rings (SSSR count). The topological polar surface area (TPSA) is 78.9 Å². The average molecular weight is 1140 g/mol.